The second-order valence-electron chi connectivity index (χ2n) is 4.31. The van der Waals surface area contributed by atoms with E-state index in [0.717, 1.165) is 27.0 Å². The highest BCUT2D eigenvalue weighted by Crippen LogP contribution is 2.25. The number of benzene rings is 2. The Morgan fingerprint density at radius 3 is 2.74 bits per heavy atom. The number of methoxy groups -OCH3 is 1. The van der Waals surface area contributed by atoms with Crippen LogP contribution in [0.1, 0.15) is 11.1 Å². The van der Waals surface area contributed by atoms with Crippen LogP contribution in [-0.4, -0.2) is 12.2 Å². The lowest BCUT2D eigenvalue weighted by atomic mass is 10.1. The van der Waals surface area contributed by atoms with Crippen molar-refractivity contribution in [3.8, 4) is 11.5 Å². The van der Waals surface area contributed by atoms with Crippen LogP contribution >= 0.6 is 15.9 Å². The van der Waals surface area contributed by atoms with Gasteiger partial charge in [0.25, 0.3) is 0 Å². The molecule has 0 atom stereocenters. The van der Waals surface area contributed by atoms with Crippen LogP contribution in [0.2, 0.25) is 0 Å². The molecule has 0 fully saturated rings. The van der Waals surface area contributed by atoms with Crippen molar-refractivity contribution in [2.24, 2.45) is 0 Å². The summed E-state index contributed by atoms with van der Waals surface area (Å²) in [7, 11) is 1.61. The number of nitrogens with one attached hydrogen (secondary N) is 1. The van der Waals surface area contributed by atoms with Crippen LogP contribution in [0.25, 0.3) is 0 Å². The number of ether oxygens (including phenoxy) is 1. The van der Waals surface area contributed by atoms with E-state index in [0.29, 0.717) is 6.54 Å². The Labute approximate surface area is 121 Å². The monoisotopic (exact) mass is 321 g/mol. The Morgan fingerprint density at radius 2 is 2.00 bits per heavy atom. The molecule has 0 aliphatic heterocycles. The number of anilines is 1. The zero-order valence-electron chi connectivity index (χ0n) is 10.9. The molecule has 19 heavy (non-hydrogen) atoms. The van der Waals surface area contributed by atoms with E-state index in [1.54, 1.807) is 19.2 Å². The van der Waals surface area contributed by atoms with E-state index in [1.807, 2.05) is 31.2 Å². The minimum absolute atomic E-state index is 0.265. The molecule has 0 saturated carbocycles. The van der Waals surface area contributed by atoms with Crippen molar-refractivity contribution in [1.82, 2.24) is 0 Å². The number of rotatable bonds is 4. The van der Waals surface area contributed by atoms with Gasteiger partial charge in [0.1, 0.15) is 11.5 Å². The lowest BCUT2D eigenvalue weighted by molar-refractivity contribution is 0.411. The van der Waals surface area contributed by atoms with Crippen LogP contribution in [0, 0.1) is 6.92 Å². The van der Waals surface area contributed by atoms with Crippen LogP contribution in [0.4, 0.5) is 5.69 Å². The average Bonchev–Trinajstić information content (AvgIpc) is 2.41. The van der Waals surface area contributed by atoms with Gasteiger partial charge in [-0.2, -0.15) is 0 Å². The van der Waals surface area contributed by atoms with Crippen molar-refractivity contribution in [1.29, 1.82) is 0 Å². The quantitative estimate of drug-likeness (QED) is 0.891. The molecule has 3 nitrogen and oxygen atoms in total. The number of phenols is 1. The Kier molecular flexibility index (Phi) is 4.32. The highest BCUT2D eigenvalue weighted by Gasteiger charge is 2.05. The van der Waals surface area contributed by atoms with Gasteiger partial charge in [0, 0.05) is 22.3 Å². The fourth-order valence-corrected chi connectivity index (χ4v) is 2.17. The molecule has 2 rings (SSSR count). The van der Waals surface area contributed by atoms with Gasteiger partial charge in [-0.15, -0.1) is 0 Å². The Morgan fingerprint density at radius 1 is 1.21 bits per heavy atom. The van der Waals surface area contributed by atoms with Gasteiger partial charge >= 0.3 is 0 Å². The predicted molar refractivity (Wildman–Crippen MR) is 80.9 cm³/mol. The number of aryl methyl sites for hydroxylation is 1. The average molecular weight is 322 g/mol. The van der Waals surface area contributed by atoms with E-state index < -0.39 is 0 Å². The lowest BCUT2D eigenvalue weighted by Crippen LogP contribution is -2.01. The van der Waals surface area contributed by atoms with Gasteiger partial charge in [0.15, 0.2) is 0 Å². The summed E-state index contributed by atoms with van der Waals surface area (Å²) < 4.78 is 6.18. The molecule has 0 saturated heterocycles. The van der Waals surface area contributed by atoms with Crippen molar-refractivity contribution >= 4 is 21.6 Å². The molecule has 100 valence electrons. The smallest absolute Gasteiger partial charge is 0.120 e. The minimum atomic E-state index is 0.265. The van der Waals surface area contributed by atoms with Crippen molar-refractivity contribution in [2.75, 3.05) is 12.4 Å². The summed E-state index contributed by atoms with van der Waals surface area (Å²) in [5.74, 6) is 1.00. The summed E-state index contributed by atoms with van der Waals surface area (Å²) in [6.07, 6.45) is 0. The van der Waals surface area contributed by atoms with Crippen LogP contribution in [0.5, 0.6) is 11.5 Å². The second kappa shape index (κ2) is 5.97. The largest absolute Gasteiger partial charge is 0.508 e. The maximum absolute atomic E-state index is 9.83. The first-order valence-corrected chi connectivity index (χ1v) is 6.75. The number of aromatic hydroxyl groups is 1. The van der Waals surface area contributed by atoms with Crippen LogP contribution in [-0.2, 0) is 6.54 Å². The van der Waals surface area contributed by atoms with Crippen LogP contribution in [0.3, 0.4) is 0 Å². The molecule has 0 aliphatic rings. The molecule has 2 aromatic rings. The highest BCUT2D eigenvalue weighted by molar-refractivity contribution is 9.10. The normalized spacial score (nSPS) is 10.3. The van der Waals surface area contributed by atoms with Gasteiger partial charge in [-0.05, 0) is 42.8 Å². The summed E-state index contributed by atoms with van der Waals surface area (Å²) in [6, 6.07) is 11.3. The SMILES string of the molecule is COc1ccc(O)c(CNc2cc(Br)ccc2C)c1. The molecule has 0 spiro atoms. The van der Waals surface area contributed by atoms with Crippen molar-refractivity contribution in [3.63, 3.8) is 0 Å². The number of hydrogen-bond donors (Lipinski definition) is 2. The molecule has 4 heteroatoms. The number of halogens is 1. The summed E-state index contributed by atoms with van der Waals surface area (Å²) in [5, 5.41) is 13.1. The van der Waals surface area contributed by atoms with Gasteiger partial charge in [0.2, 0.25) is 0 Å². The van der Waals surface area contributed by atoms with Crippen LogP contribution in [0.15, 0.2) is 40.9 Å². The third-order valence-corrected chi connectivity index (χ3v) is 3.45. The molecule has 0 bridgehead atoms. The third-order valence-electron chi connectivity index (χ3n) is 2.96. The molecular weight excluding hydrogens is 306 g/mol. The van der Waals surface area contributed by atoms with E-state index in [-0.39, 0.29) is 5.75 Å². The first-order valence-electron chi connectivity index (χ1n) is 5.96. The molecule has 2 aromatic carbocycles. The predicted octanol–water partition coefficient (Wildman–Crippen LogP) is 4.08. The van der Waals surface area contributed by atoms with Crippen molar-refractivity contribution in [3.05, 3.63) is 52.0 Å². The van der Waals surface area contributed by atoms with Crippen molar-refractivity contribution in [2.45, 2.75) is 13.5 Å². The van der Waals surface area contributed by atoms with E-state index in [4.69, 9.17) is 4.74 Å². The topological polar surface area (TPSA) is 41.5 Å². The van der Waals surface area contributed by atoms with Gasteiger partial charge in [-0.25, -0.2) is 0 Å². The maximum Gasteiger partial charge on any atom is 0.120 e. The van der Waals surface area contributed by atoms with E-state index >= 15 is 0 Å². The Bertz CT molecular complexity index is 584. The van der Waals surface area contributed by atoms with E-state index in [9.17, 15) is 5.11 Å². The molecular formula is C15H16BrNO2. The minimum Gasteiger partial charge on any atom is -0.508 e. The van der Waals surface area contributed by atoms with E-state index in [1.165, 1.54) is 0 Å². The van der Waals surface area contributed by atoms with E-state index in [2.05, 4.69) is 21.2 Å². The summed E-state index contributed by atoms with van der Waals surface area (Å²) in [6.45, 7) is 2.58. The summed E-state index contributed by atoms with van der Waals surface area (Å²) in [4.78, 5) is 0. The zero-order chi connectivity index (χ0) is 13.8. The van der Waals surface area contributed by atoms with Crippen LogP contribution < -0.4 is 10.1 Å². The molecule has 0 unspecified atom stereocenters. The molecule has 0 aliphatic carbocycles. The highest BCUT2D eigenvalue weighted by atomic mass is 79.9. The number of phenolic OH excluding ortho intramolecular Hbond substituents is 1. The molecule has 0 amide bonds. The molecule has 2 N–H and O–H groups in total. The molecule has 0 heterocycles. The molecule has 0 aromatic heterocycles. The Hall–Kier alpha value is -1.68. The fourth-order valence-electron chi connectivity index (χ4n) is 1.81. The summed E-state index contributed by atoms with van der Waals surface area (Å²) >= 11 is 3.45. The van der Waals surface area contributed by atoms with Crippen molar-refractivity contribution < 1.29 is 9.84 Å². The van der Waals surface area contributed by atoms with Gasteiger partial charge < -0.3 is 15.2 Å². The third kappa shape index (κ3) is 3.41. The summed E-state index contributed by atoms with van der Waals surface area (Å²) in [5.41, 5.74) is 3.00. The van der Waals surface area contributed by atoms with Gasteiger partial charge in [-0.1, -0.05) is 22.0 Å². The standard InChI is InChI=1S/C15H16BrNO2/c1-10-3-4-12(16)8-14(10)17-9-11-7-13(19-2)5-6-15(11)18/h3-8,17-18H,9H2,1-2H3. The molecule has 0 radical (unpaired) electrons. The zero-order valence-corrected chi connectivity index (χ0v) is 12.5. The Balaban J connectivity index is 2.16. The van der Waals surface area contributed by atoms with Gasteiger partial charge in [-0.3, -0.25) is 0 Å². The van der Waals surface area contributed by atoms with Gasteiger partial charge in [0.05, 0.1) is 7.11 Å². The lowest BCUT2D eigenvalue weighted by Gasteiger charge is -2.12. The maximum atomic E-state index is 9.83. The second-order valence-corrected chi connectivity index (χ2v) is 5.22. The number of hydrogen-bond acceptors (Lipinski definition) is 3. The fraction of sp³-hybridized carbons (Fsp3) is 0.200. The first kappa shape index (κ1) is 13.7. The first-order chi connectivity index (χ1) is 9.10.